The summed E-state index contributed by atoms with van der Waals surface area (Å²) in [6, 6.07) is 11.7. The van der Waals surface area contributed by atoms with Gasteiger partial charge in [0.2, 0.25) is 5.91 Å². The molecule has 6 nitrogen and oxygen atoms in total. The number of fused-ring (bicyclic) bond motifs is 1. The Labute approximate surface area is 216 Å². The Kier molecular flexibility index (Phi) is 14.5. The Morgan fingerprint density at radius 3 is 2.31 bits per heavy atom. The van der Waals surface area contributed by atoms with E-state index >= 15 is 0 Å². The van der Waals surface area contributed by atoms with Crippen LogP contribution in [-0.2, 0) is 16.0 Å². The average Bonchev–Trinajstić information content (AvgIpc) is 2.89. The highest BCUT2D eigenvalue weighted by atomic mass is 16.2. The molecule has 0 saturated carbocycles. The summed E-state index contributed by atoms with van der Waals surface area (Å²) in [4.78, 5) is 35.8. The predicted octanol–water partition coefficient (Wildman–Crippen LogP) is 5.46. The van der Waals surface area contributed by atoms with E-state index in [1.54, 1.807) is 0 Å². The molecule has 4 N–H and O–H groups in total. The van der Waals surface area contributed by atoms with E-state index in [2.05, 4.69) is 35.8 Å². The Morgan fingerprint density at radius 1 is 0.889 bits per heavy atom. The number of nitrogens with one attached hydrogen (secondary N) is 2. The topological polar surface area (TPSA) is 101 Å². The van der Waals surface area contributed by atoms with Crippen LogP contribution in [0.4, 0.5) is 0 Å². The molecule has 0 saturated heterocycles. The molecule has 0 aliphatic rings. The minimum Gasteiger partial charge on any atom is -0.352 e. The van der Waals surface area contributed by atoms with Crippen LogP contribution in [0.2, 0.25) is 0 Å². The number of unbranched alkanes of at least 4 members (excludes halogenated alkanes) is 8. The smallest absolute Gasteiger partial charge is 0.251 e. The number of benzene rings is 2. The summed E-state index contributed by atoms with van der Waals surface area (Å²) in [5.74, 6) is -0.453. The third kappa shape index (κ3) is 11.3. The van der Waals surface area contributed by atoms with Gasteiger partial charge in [-0.2, -0.15) is 0 Å². The van der Waals surface area contributed by atoms with Gasteiger partial charge in [-0.25, -0.2) is 0 Å². The van der Waals surface area contributed by atoms with Crippen LogP contribution < -0.4 is 16.4 Å². The number of carbonyl (C=O) groups is 3. The zero-order valence-corrected chi connectivity index (χ0v) is 22.0. The van der Waals surface area contributed by atoms with Crippen molar-refractivity contribution in [2.75, 3.05) is 13.1 Å². The van der Waals surface area contributed by atoms with Crippen molar-refractivity contribution >= 4 is 28.9 Å². The number of hydrogen-bond acceptors (Lipinski definition) is 4. The molecule has 0 aliphatic carbocycles. The fraction of sp³-hybridized carbons (Fsp3) is 0.567. The van der Waals surface area contributed by atoms with E-state index in [4.69, 9.17) is 5.73 Å². The molecule has 1 atom stereocenters. The number of rotatable bonds is 19. The van der Waals surface area contributed by atoms with Crippen LogP contribution in [0.5, 0.6) is 0 Å². The molecule has 2 aromatic carbocycles. The standard InChI is InChI=1S/C30H45N3O3/c1-2-3-4-5-6-7-8-9-12-24-14-15-26-22-27(17-16-25(26)21-24)30(36)32-20-18-29(35)33-28(23-34)13-10-11-19-31/h14-17,21-23,28H,2-13,18-20,31H2,1H3,(H,32,36)(H,33,35). The largest absolute Gasteiger partial charge is 0.352 e. The lowest BCUT2D eigenvalue weighted by atomic mass is 10.00. The fourth-order valence-electron chi connectivity index (χ4n) is 4.41. The summed E-state index contributed by atoms with van der Waals surface area (Å²) in [7, 11) is 0. The summed E-state index contributed by atoms with van der Waals surface area (Å²) < 4.78 is 0. The van der Waals surface area contributed by atoms with Gasteiger partial charge in [0.05, 0.1) is 6.04 Å². The van der Waals surface area contributed by atoms with Crippen LogP contribution >= 0.6 is 0 Å². The zero-order valence-electron chi connectivity index (χ0n) is 22.0. The molecule has 0 radical (unpaired) electrons. The molecule has 1 unspecified atom stereocenters. The predicted molar refractivity (Wildman–Crippen MR) is 148 cm³/mol. The van der Waals surface area contributed by atoms with E-state index in [-0.39, 0.29) is 24.8 Å². The number of aldehydes is 1. The molecule has 2 rings (SSSR count). The highest BCUT2D eigenvalue weighted by Crippen LogP contribution is 2.20. The van der Waals surface area contributed by atoms with Crippen molar-refractivity contribution in [2.24, 2.45) is 5.73 Å². The van der Waals surface area contributed by atoms with Crippen LogP contribution in [-0.4, -0.2) is 37.2 Å². The first-order chi connectivity index (χ1) is 17.6. The van der Waals surface area contributed by atoms with Crippen LogP contribution in [0.25, 0.3) is 10.8 Å². The molecule has 0 heterocycles. The van der Waals surface area contributed by atoms with E-state index in [0.29, 0.717) is 18.5 Å². The van der Waals surface area contributed by atoms with E-state index in [1.807, 2.05) is 18.2 Å². The molecule has 2 aromatic rings. The second-order valence-corrected chi connectivity index (χ2v) is 9.72. The number of nitrogens with two attached hydrogens (primary N) is 1. The maximum atomic E-state index is 12.6. The molecular formula is C30H45N3O3. The summed E-state index contributed by atoms with van der Waals surface area (Å²) >= 11 is 0. The Hall–Kier alpha value is -2.73. The van der Waals surface area contributed by atoms with Crippen molar-refractivity contribution in [3.63, 3.8) is 0 Å². The van der Waals surface area contributed by atoms with Gasteiger partial charge in [-0.05, 0) is 67.1 Å². The third-order valence-electron chi connectivity index (χ3n) is 6.60. The van der Waals surface area contributed by atoms with Crippen LogP contribution in [0.1, 0.15) is 99.9 Å². The maximum absolute atomic E-state index is 12.6. The highest BCUT2D eigenvalue weighted by Gasteiger charge is 2.12. The first kappa shape index (κ1) is 29.5. The lowest BCUT2D eigenvalue weighted by molar-refractivity contribution is -0.124. The number of hydrogen-bond donors (Lipinski definition) is 3. The van der Waals surface area contributed by atoms with Gasteiger partial charge in [0.1, 0.15) is 6.29 Å². The SMILES string of the molecule is CCCCCCCCCCc1ccc2cc(C(=O)NCCC(=O)NC(C=O)CCCCN)ccc2c1. The van der Waals surface area contributed by atoms with Gasteiger partial charge >= 0.3 is 0 Å². The number of amides is 2. The molecule has 198 valence electrons. The van der Waals surface area contributed by atoms with Crippen molar-refractivity contribution in [1.29, 1.82) is 0 Å². The average molecular weight is 496 g/mol. The van der Waals surface area contributed by atoms with E-state index in [0.717, 1.165) is 36.3 Å². The third-order valence-corrected chi connectivity index (χ3v) is 6.60. The first-order valence-corrected chi connectivity index (χ1v) is 13.8. The molecule has 0 fully saturated rings. The number of aryl methyl sites for hydroxylation is 1. The first-order valence-electron chi connectivity index (χ1n) is 13.8. The molecular weight excluding hydrogens is 450 g/mol. The summed E-state index contributed by atoms with van der Waals surface area (Å²) in [6.07, 6.45) is 14.7. The molecule has 0 aliphatic heterocycles. The minimum absolute atomic E-state index is 0.128. The normalized spacial score (nSPS) is 11.8. The van der Waals surface area contributed by atoms with E-state index < -0.39 is 6.04 Å². The van der Waals surface area contributed by atoms with Gasteiger partial charge in [0.25, 0.3) is 5.91 Å². The van der Waals surface area contributed by atoms with Crippen molar-refractivity contribution < 1.29 is 14.4 Å². The van der Waals surface area contributed by atoms with Gasteiger partial charge in [-0.1, -0.05) is 76.1 Å². The van der Waals surface area contributed by atoms with E-state index in [9.17, 15) is 14.4 Å². The molecule has 36 heavy (non-hydrogen) atoms. The maximum Gasteiger partial charge on any atom is 0.251 e. The van der Waals surface area contributed by atoms with Crippen molar-refractivity contribution in [1.82, 2.24) is 10.6 Å². The van der Waals surface area contributed by atoms with Gasteiger partial charge < -0.3 is 21.2 Å². The Balaban J connectivity index is 1.74. The van der Waals surface area contributed by atoms with Gasteiger partial charge in [0, 0.05) is 18.5 Å². The monoisotopic (exact) mass is 495 g/mol. The van der Waals surface area contributed by atoms with Crippen LogP contribution in [0.3, 0.4) is 0 Å². The van der Waals surface area contributed by atoms with Gasteiger partial charge in [0.15, 0.2) is 0 Å². The van der Waals surface area contributed by atoms with Crippen molar-refractivity contribution in [3.05, 3.63) is 47.5 Å². The molecule has 2 amide bonds. The molecule has 6 heteroatoms. The van der Waals surface area contributed by atoms with Crippen molar-refractivity contribution in [3.8, 4) is 0 Å². The fourth-order valence-corrected chi connectivity index (χ4v) is 4.41. The second-order valence-electron chi connectivity index (χ2n) is 9.72. The lowest BCUT2D eigenvalue weighted by Gasteiger charge is -2.13. The Morgan fingerprint density at radius 2 is 1.58 bits per heavy atom. The van der Waals surface area contributed by atoms with Crippen molar-refractivity contribution in [2.45, 2.75) is 96.4 Å². The summed E-state index contributed by atoms with van der Waals surface area (Å²) in [5, 5.41) is 7.67. The highest BCUT2D eigenvalue weighted by molar-refractivity contribution is 5.98. The van der Waals surface area contributed by atoms with Crippen LogP contribution in [0, 0.1) is 0 Å². The second kappa shape index (κ2) is 17.7. The van der Waals surface area contributed by atoms with Gasteiger partial charge in [-0.15, -0.1) is 0 Å². The molecule has 0 aromatic heterocycles. The zero-order chi connectivity index (χ0) is 26.0. The summed E-state index contributed by atoms with van der Waals surface area (Å²) in [6.45, 7) is 3.04. The number of carbonyl (C=O) groups excluding carboxylic acids is 3. The quantitative estimate of drug-likeness (QED) is 0.178. The molecule has 0 spiro atoms. The van der Waals surface area contributed by atoms with E-state index in [1.165, 1.54) is 56.9 Å². The lowest BCUT2D eigenvalue weighted by Crippen LogP contribution is -2.38. The van der Waals surface area contributed by atoms with Crippen LogP contribution in [0.15, 0.2) is 36.4 Å². The summed E-state index contributed by atoms with van der Waals surface area (Å²) in [5.41, 5.74) is 7.38. The molecule has 0 bridgehead atoms. The Bertz CT molecular complexity index is 944. The van der Waals surface area contributed by atoms with Gasteiger partial charge in [-0.3, -0.25) is 9.59 Å². The minimum atomic E-state index is -0.499.